The molecule has 0 radical (unpaired) electrons. The Labute approximate surface area is 108 Å². The van der Waals surface area contributed by atoms with Crippen LogP contribution in [0.25, 0.3) is 0 Å². The summed E-state index contributed by atoms with van der Waals surface area (Å²) in [6.07, 6.45) is 6.40. The van der Waals surface area contributed by atoms with Crippen LogP contribution < -0.4 is 4.72 Å². The van der Waals surface area contributed by atoms with Gasteiger partial charge in [-0.15, -0.1) is 6.42 Å². The number of terminal acetylenes is 1. The highest BCUT2D eigenvalue weighted by Gasteiger charge is 2.31. The minimum absolute atomic E-state index is 0.216. The molecule has 1 heterocycles. The average molecular weight is 274 g/mol. The van der Waals surface area contributed by atoms with E-state index in [0.29, 0.717) is 19.3 Å². The minimum atomic E-state index is -3.61. The standard InChI is InChI=1S/C11H18N2O4S/c1-3-10(4-2)12-18(16,17)13-7-5-9(6-8-13)11(14)15/h1,9-10,12H,4-8H2,2H3,(H,14,15). The van der Waals surface area contributed by atoms with E-state index < -0.39 is 28.1 Å². The van der Waals surface area contributed by atoms with Crippen molar-refractivity contribution < 1.29 is 18.3 Å². The second-order valence-corrected chi connectivity index (χ2v) is 5.96. The van der Waals surface area contributed by atoms with Gasteiger partial charge in [0.15, 0.2) is 0 Å². The van der Waals surface area contributed by atoms with Crippen molar-refractivity contribution in [1.82, 2.24) is 9.03 Å². The van der Waals surface area contributed by atoms with Crippen LogP contribution in [0.3, 0.4) is 0 Å². The molecule has 1 fully saturated rings. The Kier molecular flexibility index (Phi) is 5.14. The van der Waals surface area contributed by atoms with E-state index in [-0.39, 0.29) is 13.1 Å². The summed E-state index contributed by atoms with van der Waals surface area (Å²) >= 11 is 0. The first-order chi connectivity index (χ1) is 8.40. The molecule has 0 aromatic heterocycles. The van der Waals surface area contributed by atoms with Gasteiger partial charge in [0.1, 0.15) is 0 Å². The lowest BCUT2D eigenvalue weighted by atomic mass is 9.99. The van der Waals surface area contributed by atoms with Gasteiger partial charge in [0.25, 0.3) is 10.2 Å². The van der Waals surface area contributed by atoms with E-state index in [2.05, 4.69) is 10.6 Å². The van der Waals surface area contributed by atoms with Crippen LogP contribution in [0.4, 0.5) is 0 Å². The van der Waals surface area contributed by atoms with Gasteiger partial charge in [-0.1, -0.05) is 12.8 Å². The highest BCUT2D eigenvalue weighted by molar-refractivity contribution is 7.87. The number of hydrogen-bond donors (Lipinski definition) is 2. The predicted octanol–water partition coefficient (Wildman–Crippen LogP) is 0.0292. The van der Waals surface area contributed by atoms with Gasteiger partial charge in [0, 0.05) is 13.1 Å². The van der Waals surface area contributed by atoms with E-state index in [4.69, 9.17) is 11.5 Å². The Hall–Kier alpha value is -1.10. The molecule has 0 aromatic carbocycles. The van der Waals surface area contributed by atoms with Gasteiger partial charge >= 0.3 is 5.97 Å². The van der Waals surface area contributed by atoms with Gasteiger partial charge in [-0.05, 0) is 19.3 Å². The van der Waals surface area contributed by atoms with Crippen LogP contribution in [0.5, 0.6) is 0 Å². The molecule has 1 rings (SSSR count). The molecule has 1 aliphatic rings. The highest BCUT2D eigenvalue weighted by atomic mass is 32.2. The minimum Gasteiger partial charge on any atom is -0.481 e. The van der Waals surface area contributed by atoms with Crippen molar-refractivity contribution in [2.24, 2.45) is 5.92 Å². The van der Waals surface area contributed by atoms with E-state index in [9.17, 15) is 13.2 Å². The summed E-state index contributed by atoms with van der Waals surface area (Å²) in [6, 6.07) is -0.521. The fourth-order valence-corrected chi connectivity index (χ4v) is 3.27. The third-order valence-corrected chi connectivity index (χ3v) is 4.67. The molecule has 102 valence electrons. The zero-order valence-corrected chi connectivity index (χ0v) is 11.1. The molecule has 1 atom stereocenters. The lowest BCUT2D eigenvalue weighted by Gasteiger charge is -2.30. The topological polar surface area (TPSA) is 86.7 Å². The zero-order chi connectivity index (χ0) is 13.8. The van der Waals surface area contributed by atoms with E-state index in [1.165, 1.54) is 4.31 Å². The zero-order valence-electron chi connectivity index (χ0n) is 10.3. The molecule has 0 amide bonds. The van der Waals surface area contributed by atoms with Crippen molar-refractivity contribution >= 4 is 16.2 Å². The van der Waals surface area contributed by atoms with E-state index in [1.807, 2.05) is 0 Å². The smallest absolute Gasteiger partial charge is 0.306 e. The van der Waals surface area contributed by atoms with Gasteiger partial charge in [-0.3, -0.25) is 4.79 Å². The number of carboxylic acids is 1. The Balaban J connectivity index is 2.61. The number of hydrogen-bond acceptors (Lipinski definition) is 3. The van der Waals surface area contributed by atoms with E-state index >= 15 is 0 Å². The van der Waals surface area contributed by atoms with Crippen LogP contribution in [0.15, 0.2) is 0 Å². The Bertz CT molecular complexity index is 432. The molecule has 0 aromatic rings. The first-order valence-electron chi connectivity index (χ1n) is 5.87. The summed E-state index contributed by atoms with van der Waals surface area (Å²) in [6.45, 7) is 2.23. The lowest BCUT2D eigenvalue weighted by Crippen LogP contribution is -2.48. The van der Waals surface area contributed by atoms with Gasteiger partial charge in [0.05, 0.1) is 12.0 Å². The summed E-state index contributed by atoms with van der Waals surface area (Å²) in [4.78, 5) is 10.8. The van der Waals surface area contributed by atoms with Crippen LogP contribution >= 0.6 is 0 Å². The number of piperidine rings is 1. The third kappa shape index (κ3) is 3.70. The van der Waals surface area contributed by atoms with Crippen LogP contribution in [0.2, 0.25) is 0 Å². The van der Waals surface area contributed by atoms with Crippen molar-refractivity contribution in [1.29, 1.82) is 0 Å². The molecule has 1 unspecified atom stereocenters. The third-order valence-electron chi connectivity index (χ3n) is 3.04. The normalized spacial score (nSPS) is 20.2. The number of nitrogens with zero attached hydrogens (tertiary/aromatic N) is 1. The van der Waals surface area contributed by atoms with E-state index in [1.54, 1.807) is 6.92 Å². The largest absolute Gasteiger partial charge is 0.481 e. The molecule has 2 N–H and O–H groups in total. The molecule has 1 saturated heterocycles. The van der Waals surface area contributed by atoms with Gasteiger partial charge in [-0.2, -0.15) is 17.4 Å². The molecular weight excluding hydrogens is 256 g/mol. The van der Waals surface area contributed by atoms with Gasteiger partial charge in [-0.25, -0.2) is 0 Å². The molecule has 0 spiro atoms. The average Bonchev–Trinajstić information content (AvgIpc) is 2.36. The molecule has 0 saturated carbocycles. The molecule has 7 heteroatoms. The SMILES string of the molecule is C#CC(CC)NS(=O)(=O)N1CCC(C(=O)O)CC1. The summed E-state index contributed by atoms with van der Waals surface area (Å²) in [5, 5.41) is 8.84. The molecule has 0 aliphatic carbocycles. The summed E-state index contributed by atoms with van der Waals surface area (Å²) in [5.41, 5.74) is 0. The predicted molar refractivity (Wildman–Crippen MR) is 66.9 cm³/mol. The van der Waals surface area contributed by atoms with Crippen molar-refractivity contribution in [3.05, 3.63) is 0 Å². The van der Waals surface area contributed by atoms with Crippen LogP contribution in [-0.2, 0) is 15.0 Å². The monoisotopic (exact) mass is 274 g/mol. The fourth-order valence-electron chi connectivity index (χ4n) is 1.83. The maximum absolute atomic E-state index is 12.0. The Morgan fingerprint density at radius 2 is 2.11 bits per heavy atom. The second-order valence-electron chi connectivity index (χ2n) is 4.26. The molecule has 0 bridgehead atoms. The fraction of sp³-hybridized carbons (Fsp3) is 0.727. The molecular formula is C11H18N2O4S. The first-order valence-corrected chi connectivity index (χ1v) is 7.31. The maximum Gasteiger partial charge on any atom is 0.306 e. The van der Waals surface area contributed by atoms with E-state index in [0.717, 1.165) is 0 Å². The van der Waals surface area contributed by atoms with Crippen molar-refractivity contribution in [2.45, 2.75) is 32.2 Å². The molecule has 1 aliphatic heterocycles. The Morgan fingerprint density at radius 1 is 1.56 bits per heavy atom. The van der Waals surface area contributed by atoms with Crippen LogP contribution in [0, 0.1) is 18.3 Å². The number of rotatable bonds is 5. The Morgan fingerprint density at radius 3 is 2.50 bits per heavy atom. The molecule has 18 heavy (non-hydrogen) atoms. The van der Waals surface area contributed by atoms with Crippen LogP contribution in [0.1, 0.15) is 26.2 Å². The number of carbonyl (C=O) groups is 1. The quantitative estimate of drug-likeness (QED) is 0.692. The van der Waals surface area contributed by atoms with Gasteiger partial charge in [0.2, 0.25) is 0 Å². The maximum atomic E-state index is 12.0. The van der Waals surface area contributed by atoms with Crippen molar-refractivity contribution in [3.63, 3.8) is 0 Å². The lowest BCUT2D eigenvalue weighted by molar-refractivity contribution is -0.142. The van der Waals surface area contributed by atoms with Gasteiger partial charge < -0.3 is 5.11 Å². The van der Waals surface area contributed by atoms with Crippen molar-refractivity contribution in [3.8, 4) is 12.3 Å². The number of aliphatic carboxylic acids is 1. The summed E-state index contributed by atoms with van der Waals surface area (Å²) < 4.78 is 27.6. The summed E-state index contributed by atoms with van der Waals surface area (Å²) in [7, 11) is -3.61. The first kappa shape index (κ1) is 15.0. The summed E-state index contributed by atoms with van der Waals surface area (Å²) in [5.74, 6) is 1.04. The highest BCUT2D eigenvalue weighted by Crippen LogP contribution is 2.19. The number of nitrogens with one attached hydrogen (secondary N) is 1. The van der Waals surface area contributed by atoms with Crippen molar-refractivity contribution in [2.75, 3.05) is 13.1 Å². The molecule has 6 nitrogen and oxygen atoms in total. The number of carboxylic acid groups (broad SMARTS) is 1. The second kappa shape index (κ2) is 6.18. The van der Waals surface area contributed by atoms with Crippen LogP contribution in [-0.4, -0.2) is 42.9 Å².